The van der Waals surface area contributed by atoms with Crippen LogP contribution in [0.2, 0.25) is 0 Å². The molecule has 0 fully saturated rings. The van der Waals surface area contributed by atoms with Crippen molar-refractivity contribution in [1.82, 2.24) is 46.3 Å². The molecular formula is C59H90N10O17S. The number of anilines is 1. The summed E-state index contributed by atoms with van der Waals surface area (Å²) < 4.78 is 11.2. The number of amides is 9. The van der Waals surface area contributed by atoms with Crippen molar-refractivity contribution >= 4 is 82.1 Å². The van der Waals surface area contributed by atoms with Gasteiger partial charge >= 0.3 is 11.9 Å². The zero-order valence-corrected chi connectivity index (χ0v) is 52.6. The van der Waals surface area contributed by atoms with Crippen LogP contribution in [0, 0.1) is 17.8 Å². The Balaban J connectivity index is 1.67. The van der Waals surface area contributed by atoms with Crippen molar-refractivity contribution in [2.24, 2.45) is 17.8 Å². The highest BCUT2D eigenvalue weighted by Crippen LogP contribution is 2.33. The summed E-state index contributed by atoms with van der Waals surface area (Å²) in [6.45, 7) is 16.4. The number of hydrogen-bond donors (Lipinski definition) is 10. The summed E-state index contributed by atoms with van der Waals surface area (Å²) in [5, 5.41) is 57.8. The second-order valence-electron chi connectivity index (χ2n) is 22.3. The first-order valence-electron chi connectivity index (χ1n) is 29.3. The molecule has 484 valence electrons. The van der Waals surface area contributed by atoms with E-state index < -0.39 is 107 Å². The molecule has 0 radical (unpaired) electrons. The molecule has 9 amide bonds. The van der Waals surface area contributed by atoms with Crippen LogP contribution in [0.25, 0.3) is 0 Å². The largest absolute Gasteiger partial charge is 0.506 e. The average Bonchev–Trinajstić information content (AvgIpc) is 4.26. The number of aliphatic hydroxyl groups is 2. The quantitative estimate of drug-likeness (QED) is 0.0198. The van der Waals surface area contributed by atoms with E-state index in [-0.39, 0.29) is 131 Å². The van der Waals surface area contributed by atoms with Gasteiger partial charge in [-0.25, -0.2) is 4.98 Å². The molecule has 1 aliphatic heterocycles. The number of aliphatic hydroxyl groups excluding tert-OH is 2. The van der Waals surface area contributed by atoms with Gasteiger partial charge in [-0.3, -0.25) is 62.5 Å². The van der Waals surface area contributed by atoms with Crippen LogP contribution in [0.3, 0.4) is 0 Å². The maximum Gasteiger partial charge on any atom is 0.306 e. The van der Waals surface area contributed by atoms with E-state index >= 15 is 0 Å². The van der Waals surface area contributed by atoms with Crippen molar-refractivity contribution in [1.29, 1.82) is 0 Å². The van der Waals surface area contributed by atoms with Gasteiger partial charge in [-0.1, -0.05) is 53.5 Å². The van der Waals surface area contributed by atoms with Gasteiger partial charge < -0.3 is 66.7 Å². The lowest BCUT2D eigenvalue weighted by molar-refractivity contribution is -0.149. The zero-order valence-electron chi connectivity index (χ0n) is 51.8. The van der Waals surface area contributed by atoms with E-state index in [2.05, 4.69) is 36.9 Å². The van der Waals surface area contributed by atoms with E-state index in [1.807, 2.05) is 27.7 Å². The molecule has 1 aliphatic rings. The standard InChI is InChI=1S/C59H90N10O17S/c1-12-34(3)44(67(11)56(81)51(35(4)13-2)66-58(84)59(9,10)68(23-25-70)24-26-71)32-46(86-39(8)72)55-65-43(33-87-55)54(80)63-41(29-36(5)57(82)83)30-40-16-17-45(73)42(31-40)64-53(79)38(7)62-52(78)37(6)61-48(75)20-27-85-28-21-60-47(74)15-14-22-69-49(76)18-19-50(69)77/h16-19,31,33-38,41,44,46,51,70-71,73H,12-15,20-30,32H2,1-11H3,(H,60,74)(H,61,75)(H,62,78)(H,63,80)(H,64,79)(H,66,84)(H,82,83)/t34?,35-,36-,37-,38-,41+,44+,46+,51-/m0/s1. The van der Waals surface area contributed by atoms with E-state index in [4.69, 9.17) is 9.47 Å². The van der Waals surface area contributed by atoms with Crippen molar-refractivity contribution in [3.63, 3.8) is 0 Å². The first-order valence-corrected chi connectivity index (χ1v) is 30.2. The summed E-state index contributed by atoms with van der Waals surface area (Å²) in [6, 6.07) is -0.411. The fourth-order valence-corrected chi connectivity index (χ4v) is 10.2. The van der Waals surface area contributed by atoms with E-state index in [1.165, 1.54) is 63.4 Å². The van der Waals surface area contributed by atoms with E-state index in [1.54, 1.807) is 30.7 Å². The lowest BCUT2D eigenvalue weighted by atomic mass is 9.90. The van der Waals surface area contributed by atoms with Gasteiger partial charge in [0.15, 0.2) is 6.10 Å². The molecule has 0 bridgehead atoms. The third kappa shape index (κ3) is 23.3. The normalized spacial score (nSPS) is 15.4. The number of β-amino-alcohol motifs (C(OH)–C–C–N with tert-alkyl or cyclic N) is 2. The predicted octanol–water partition coefficient (Wildman–Crippen LogP) is 1.94. The number of aliphatic carboxylic acids is 1. The first-order chi connectivity index (χ1) is 41.0. The average molecular weight is 1240 g/mol. The Morgan fingerprint density at radius 2 is 1.44 bits per heavy atom. The smallest absolute Gasteiger partial charge is 0.306 e. The van der Waals surface area contributed by atoms with Crippen molar-refractivity contribution in [3.8, 4) is 5.75 Å². The summed E-state index contributed by atoms with van der Waals surface area (Å²) in [4.78, 5) is 150. The van der Waals surface area contributed by atoms with Crippen molar-refractivity contribution in [3.05, 3.63) is 52.0 Å². The number of phenolic OH excluding ortho intramolecular Hbond substituents is 1. The van der Waals surface area contributed by atoms with Gasteiger partial charge in [0.1, 0.15) is 34.6 Å². The molecule has 0 aliphatic carbocycles. The summed E-state index contributed by atoms with van der Waals surface area (Å²) in [5.41, 5.74) is -0.884. The number of phenols is 1. The van der Waals surface area contributed by atoms with Gasteiger partial charge in [0, 0.05) is 89.0 Å². The third-order valence-electron chi connectivity index (χ3n) is 15.2. The number of thiazole rings is 1. The lowest BCUT2D eigenvalue weighted by Crippen LogP contribution is -2.62. The van der Waals surface area contributed by atoms with Crippen LogP contribution in [-0.4, -0.2) is 201 Å². The second-order valence-corrected chi connectivity index (χ2v) is 23.2. The number of imide groups is 1. The SMILES string of the molecule is CCC(C)[C@@H](C[C@@H](OC(C)=O)c1nc(C(=O)N[C@@H](Cc2ccc(O)c(NC(=O)[C@H](C)NC(=O)[C@H](C)NC(=O)CCOCCNC(=O)CCCN3C(=O)C=CC3=O)c2)C[C@H](C)C(=O)O)cs1)N(C)C(=O)[C@@H](NC(=O)C(C)(C)N(CCO)CCO)[C@@H](C)CC. The molecule has 10 N–H and O–H groups in total. The van der Waals surface area contributed by atoms with Gasteiger partial charge in [-0.2, -0.15) is 0 Å². The first kappa shape index (κ1) is 73.9. The molecule has 0 spiro atoms. The summed E-state index contributed by atoms with van der Waals surface area (Å²) in [6.07, 6.45) is 2.69. The third-order valence-corrected chi connectivity index (χ3v) is 16.2. The van der Waals surface area contributed by atoms with Crippen LogP contribution in [-0.2, 0) is 63.8 Å². The molecule has 3 rings (SSSR count). The number of esters is 1. The maximum absolute atomic E-state index is 14.6. The molecule has 2 heterocycles. The van der Waals surface area contributed by atoms with Gasteiger partial charge in [-0.05, 0) is 76.5 Å². The van der Waals surface area contributed by atoms with Crippen LogP contribution < -0.4 is 31.9 Å². The number of aromatic nitrogens is 1. The topological polar surface area (TPSA) is 382 Å². The highest BCUT2D eigenvalue weighted by atomic mass is 32.1. The molecule has 1 aromatic carbocycles. The van der Waals surface area contributed by atoms with Crippen LogP contribution in [0.15, 0.2) is 35.7 Å². The number of carbonyl (C=O) groups is 11. The summed E-state index contributed by atoms with van der Waals surface area (Å²) >= 11 is 1.04. The van der Waals surface area contributed by atoms with Crippen LogP contribution >= 0.6 is 11.3 Å². The molecule has 27 nitrogen and oxygen atoms in total. The summed E-state index contributed by atoms with van der Waals surface area (Å²) in [7, 11) is 1.62. The fourth-order valence-electron chi connectivity index (χ4n) is 9.41. The van der Waals surface area contributed by atoms with Crippen LogP contribution in [0.1, 0.15) is 141 Å². The van der Waals surface area contributed by atoms with Gasteiger partial charge in [0.05, 0.1) is 43.6 Å². The van der Waals surface area contributed by atoms with Crippen molar-refractivity contribution in [2.45, 2.75) is 162 Å². The number of benzene rings is 1. The molecule has 1 unspecified atom stereocenters. The summed E-state index contributed by atoms with van der Waals surface area (Å²) in [5.74, 6) is -8.24. The molecule has 1 aromatic heterocycles. The Morgan fingerprint density at radius 1 is 0.805 bits per heavy atom. The second kappa shape index (κ2) is 36.0. The minimum Gasteiger partial charge on any atom is -0.506 e. The predicted molar refractivity (Wildman–Crippen MR) is 320 cm³/mol. The number of carboxylic acid groups (broad SMARTS) is 1. The Labute approximate surface area is 512 Å². The van der Waals surface area contributed by atoms with Crippen LogP contribution in [0.5, 0.6) is 5.75 Å². The number of rotatable bonds is 39. The maximum atomic E-state index is 14.6. The number of carboxylic acids is 1. The number of hydrogen-bond acceptors (Lipinski definition) is 19. The number of aromatic hydroxyl groups is 1. The van der Waals surface area contributed by atoms with Gasteiger partial charge in [0.25, 0.3) is 17.7 Å². The van der Waals surface area contributed by atoms with Gasteiger partial charge in [0.2, 0.25) is 35.4 Å². The van der Waals surface area contributed by atoms with Gasteiger partial charge in [-0.15, -0.1) is 11.3 Å². The molecule has 28 heteroatoms. The highest BCUT2D eigenvalue weighted by molar-refractivity contribution is 7.09. The van der Waals surface area contributed by atoms with E-state index in [0.29, 0.717) is 18.4 Å². The highest BCUT2D eigenvalue weighted by Gasteiger charge is 2.41. The van der Waals surface area contributed by atoms with E-state index in [0.717, 1.165) is 16.2 Å². The monoisotopic (exact) mass is 1240 g/mol. The molecule has 2 aromatic rings. The van der Waals surface area contributed by atoms with Crippen molar-refractivity contribution in [2.75, 3.05) is 65.0 Å². The Hall–Kier alpha value is -7.40. The number of nitrogens with one attached hydrogen (secondary N) is 6. The zero-order chi connectivity index (χ0) is 65.3. The van der Waals surface area contributed by atoms with Crippen LogP contribution in [0.4, 0.5) is 5.69 Å². The molecule has 0 saturated heterocycles. The fraction of sp³-hybridized carbons (Fsp3) is 0.627. The lowest BCUT2D eigenvalue weighted by Gasteiger charge is -2.40. The Kier molecular flexibility index (Phi) is 30.6. The minimum absolute atomic E-state index is 0.00785. The molecule has 87 heavy (non-hydrogen) atoms. The number of nitrogens with zero attached hydrogens (tertiary/aromatic N) is 4. The van der Waals surface area contributed by atoms with Crippen molar-refractivity contribution < 1.29 is 82.6 Å². The number of likely N-dealkylation sites (N-methyl/N-ethyl adjacent to an activating group) is 1. The minimum atomic E-state index is -1.21. The molecule has 9 atom stereocenters. The molecular weight excluding hydrogens is 1150 g/mol. The Morgan fingerprint density at radius 3 is 2.03 bits per heavy atom. The number of ether oxygens (including phenoxy) is 2. The van der Waals surface area contributed by atoms with E-state index in [9.17, 15) is 73.2 Å². The number of carbonyl (C=O) groups excluding carboxylic acids is 10. The molecule has 0 saturated carbocycles. The Bertz CT molecular complexity index is 2720.